The van der Waals surface area contributed by atoms with Gasteiger partial charge < -0.3 is 26.4 Å². The van der Waals surface area contributed by atoms with E-state index in [2.05, 4.69) is 4.99 Å². The van der Waals surface area contributed by atoms with Crippen LogP contribution in [0.25, 0.3) is 5.70 Å². The molecule has 0 saturated carbocycles. The van der Waals surface area contributed by atoms with Crippen molar-refractivity contribution in [3.8, 4) is 5.75 Å². The number of nitrogens with two attached hydrogens (primary N) is 2. The standard InChI is InChI=1S/C19H24F5N5O/c1-10(16(25)12-4-3-11(7-15(12)30)19(22,23)24)27-17(26)29-9-18(20,21)13-5-6-28(2)8-14(13)29/h3-4,7,13-14,30H,5-6,8-9,25H2,1-2H3,(H2,26,27)/b16-10-. The number of nitrogens with zero attached hydrogens (tertiary/aromatic N) is 3. The number of benzene rings is 1. The molecule has 2 atom stereocenters. The highest BCUT2D eigenvalue weighted by atomic mass is 19.4. The summed E-state index contributed by atoms with van der Waals surface area (Å²) in [6, 6.07) is 1.87. The van der Waals surface area contributed by atoms with Crippen molar-refractivity contribution in [2.75, 3.05) is 26.7 Å². The van der Waals surface area contributed by atoms with Crippen LogP contribution in [0.2, 0.25) is 0 Å². The summed E-state index contributed by atoms with van der Waals surface area (Å²) in [6.07, 6.45) is -4.27. The van der Waals surface area contributed by atoms with Gasteiger partial charge in [0.05, 0.1) is 29.5 Å². The second-order valence-corrected chi connectivity index (χ2v) is 7.81. The van der Waals surface area contributed by atoms with Gasteiger partial charge in [-0.3, -0.25) is 0 Å². The van der Waals surface area contributed by atoms with E-state index in [0.717, 1.165) is 12.1 Å². The van der Waals surface area contributed by atoms with Crippen molar-refractivity contribution in [1.82, 2.24) is 9.80 Å². The molecule has 30 heavy (non-hydrogen) atoms. The van der Waals surface area contributed by atoms with Crippen molar-refractivity contribution in [3.63, 3.8) is 0 Å². The van der Waals surface area contributed by atoms with Crippen LogP contribution in [0.5, 0.6) is 5.75 Å². The van der Waals surface area contributed by atoms with Crippen LogP contribution in [0, 0.1) is 5.92 Å². The van der Waals surface area contributed by atoms with E-state index in [1.807, 2.05) is 11.9 Å². The molecule has 0 spiro atoms. The fraction of sp³-hybridized carbons (Fsp3) is 0.526. The number of guanidine groups is 1. The lowest BCUT2D eigenvalue weighted by Gasteiger charge is -2.36. The third-order valence-electron chi connectivity index (χ3n) is 5.69. The maximum atomic E-state index is 14.4. The molecule has 11 heteroatoms. The van der Waals surface area contributed by atoms with Gasteiger partial charge in [-0.25, -0.2) is 13.8 Å². The van der Waals surface area contributed by atoms with Gasteiger partial charge in [-0.05, 0) is 45.1 Å². The summed E-state index contributed by atoms with van der Waals surface area (Å²) in [4.78, 5) is 7.41. The van der Waals surface area contributed by atoms with Crippen molar-refractivity contribution in [2.24, 2.45) is 22.4 Å². The SMILES string of the molecule is C/C(N=C(N)N1CC(F)(F)C2CCN(C)CC21)=C(/N)c1ccc(C(F)(F)F)cc1O. The van der Waals surface area contributed by atoms with Crippen molar-refractivity contribution in [2.45, 2.75) is 31.5 Å². The fourth-order valence-electron chi connectivity index (χ4n) is 4.04. The molecule has 2 unspecified atom stereocenters. The Balaban J connectivity index is 1.89. The molecule has 0 amide bonds. The molecule has 0 aromatic heterocycles. The predicted octanol–water partition coefficient (Wildman–Crippen LogP) is 2.64. The number of hydrogen-bond acceptors (Lipinski definition) is 4. The lowest BCUT2D eigenvalue weighted by molar-refractivity contribution is -0.137. The van der Waals surface area contributed by atoms with Crippen molar-refractivity contribution in [1.29, 1.82) is 0 Å². The van der Waals surface area contributed by atoms with Gasteiger partial charge in [-0.2, -0.15) is 13.2 Å². The fourth-order valence-corrected chi connectivity index (χ4v) is 4.04. The molecule has 2 saturated heterocycles. The van der Waals surface area contributed by atoms with E-state index < -0.39 is 41.9 Å². The van der Waals surface area contributed by atoms with Gasteiger partial charge in [0.1, 0.15) is 5.75 Å². The first kappa shape index (κ1) is 22.1. The van der Waals surface area contributed by atoms with E-state index >= 15 is 0 Å². The number of aromatic hydroxyl groups is 1. The smallest absolute Gasteiger partial charge is 0.416 e. The van der Waals surface area contributed by atoms with Crippen LogP contribution in [-0.4, -0.2) is 59.5 Å². The lowest BCUT2D eigenvalue weighted by Crippen LogP contribution is -2.51. The number of hydrogen-bond donors (Lipinski definition) is 3. The minimum absolute atomic E-state index is 0.0564. The first-order chi connectivity index (χ1) is 13.8. The Labute approximate surface area is 170 Å². The van der Waals surface area contributed by atoms with Gasteiger partial charge in [0.2, 0.25) is 0 Å². The van der Waals surface area contributed by atoms with Gasteiger partial charge >= 0.3 is 6.18 Å². The summed E-state index contributed by atoms with van der Waals surface area (Å²) >= 11 is 0. The van der Waals surface area contributed by atoms with E-state index in [1.165, 1.54) is 11.8 Å². The molecule has 2 heterocycles. The van der Waals surface area contributed by atoms with Crippen LogP contribution in [0.1, 0.15) is 24.5 Å². The first-order valence-electron chi connectivity index (χ1n) is 9.35. The summed E-state index contributed by atoms with van der Waals surface area (Å²) in [5.74, 6) is -4.55. The Bertz CT molecular complexity index is 883. The number of fused-ring (bicyclic) bond motifs is 1. The third kappa shape index (κ3) is 4.16. The molecule has 1 aromatic rings. The van der Waals surface area contributed by atoms with Crippen LogP contribution >= 0.6 is 0 Å². The molecule has 0 bridgehead atoms. The van der Waals surface area contributed by atoms with Crippen LogP contribution in [0.4, 0.5) is 22.0 Å². The number of phenols is 1. The Hall–Kier alpha value is -2.56. The molecule has 2 aliphatic heterocycles. The highest BCUT2D eigenvalue weighted by molar-refractivity contribution is 5.82. The van der Waals surface area contributed by atoms with E-state index in [0.29, 0.717) is 25.6 Å². The summed E-state index contributed by atoms with van der Waals surface area (Å²) < 4.78 is 67.2. The Morgan fingerprint density at radius 3 is 2.53 bits per heavy atom. The second kappa shape index (κ2) is 7.60. The summed E-state index contributed by atoms with van der Waals surface area (Å²) in [7, 11) is 1.84. The van der Waals surface area contributed by atoms with Crippen molar-refractivity contribution >= 4 is 11.7 Å². The zero-order valence-corrected chi connectivity index (χ0v) is 16.5. The number of allylic oxidation sites excluding steroid dienone is 1. The van der Waals surface area contributed by atoms with Crippen LogP contribution < -0.4 is 11.5 Å². The molecule has 6 nitrogen and oxygen atoms in total. The molecule has 0 aliphatic carbocycles. The number of alkyl halides is 5. The van der Waals surface area contributed by atoms with Gasteiger partial charge in [0.25, 0.3) is 5.92 Å². The van der Waals surface area contributed by atoms with Crippen molar-refractivity contribution < 1.29 is 27.1 Å². The molecule has 1 aromatic carbocycles. The van der Waals surface area contributed by atoms with Gasteiger partial charge in [0.15, 0.2) is 5.96 Å². The van der Waals surface area contributed by atoms with Crippen LogP contribution in [0.3, 0.4) is 0 Å². The minimum atomic E-state index is -4.61. The molecule has 2 fully saturated rings. The highest BCUT2D eigenvalue weighted by Gasteiger charge is 2.56. The number of likely N-dealkylation sites (tertiary alicyclic amines) is 2. The molecular formula is C19H24F5N5O. The molecule has 3 rings (SSSR count). The van der Waals surface area contributed by atoms with Gasteiger partial charge in [0, 0.05) is 18.0 Å². The van der Waals surface area contributed by atoms with Gasteiger partial charge in [-0.15, -0.1) is 0 Å². The highest BCUT2D eigenvalue weighted by Crippen LogP contribution is 2.42. The normalized spacial score (nSPS) is 25.8. The van der Waals surface area contributed by atoms with Crippen LogP contribution in [-0.2, 0) is 6.18 Å². The second-order valence-electron chi connectivity index (χ2n) is 7.81. The topological polar surface area (TPSA) is 91.1 Å². The Morgan fingerprint density at radius 2 is 1.93 bits per heavy atom. The number of halogens is 5. The summed E-state index contributed by atoms with van der Waals surface area (Å²) in [5.41, 5.74) is 10.9. The number of aliphatic imine (C=N–C) groups is 1. The Morgan fingerprint density at radius 1 is 1.27 bits per heavy atom. The van der Waals surface area contributed by atoms with Crippen molar-refractivity contribution in [3.05, 3.63) is 35.0 Å². The van der Waals surface area contributed by atoms with E-state index in [1.54, 1.807) is 0 Å². The largest absolute Gasteiger partial charge is 0.507 e. The molecule has 166 valence electrons. The molecular weight excluding hydrogens is 409 g/mol. The van der Waals surface area contributed by atoms with E-state index in [4.69, 9.17) is 11.5 Å². The quantitative estimate of drug-likeness (QED) is 0.379. The molecule has 2 aliphatic rings. The number of likely N-dealkylation sites (N-methyl/N-ethyl adjacent to an activating group) is 1. The lowest BCUT2D eigenvalue weighted by atomic mass is 9.90. The molecule has 5 N–H and O–H groups in total. The van der Waals surface area contributed by atoms with Crippen LogP contribution in [0.15, 0.2) is 28.9 Å². The summed E-state index contributed by atoms with van der Waals surface area (Å²) in [6.45, 7) is 1.86. The molecule has 0 radical (unpaired) electrons. The van der Waals surface area contributed by atoms with Gasteiger partial charge in [-0.1, -0.05) is 0 Å². The van der Waals surface area contributed by atoms with E-state index in [-0.39, 0.29) is 22.9 Å². The maximum Gasteiger partial charge on any atom is 0.416 e. The number of piperidine rings is 1. The monoisotopic (exact) mass is 433 g/mol. The summed E-state index contributed by atoms with van der Waals surface area (Å²) in [5, 5.41) is 9.96. The first-order valence-corrected chi connectivity index (χ1v) is 9.35. The number of rotatable bonds is 2. The predicted molar refractivity (Wildman–Crippen MR) is 103 cm³/mol. The third-order valence-corrected chi connectivity index (χ3v) is 5.69. The number of phenolic OH excluding ortho intramolecular Hbond substituents is 1. The average molecular weight is 433 g/mol. The maximum absolute atomic E-state index is 14.4. The van der Waals surface area contributed by atoms with E-state index in [9.17, 15) is 27.1 Å². The minimum Gasteiger partial charge on any atom is -0.507 e. The Kier molecular flexibility index (Phi) is 5.61. The average Bonchev–Trinajstić information content (AvgIpc) is 2.90. The zero-order chi connectivity index (χ0) is 22.4. The zero-order valence-electron chi connectivity index (χ0n) is 16.5.